The molecular formula is C18H17F4N3O2. The van der Waals surface area contributed by atoms with Crippen LogP contribution in [-0.4, -0.2) is 16.8 Å². The molecule has 5 nitrogen and oxygen atoms in total. The molecule has 1 aromatic carbocycles. The predicted octanol–water partition coefficient (Wildman–Crippen LogP) is 3.76. The maximum Gasteiger partial charge on any atom is 0.419 e. The zero-order valence-corrected chi connectivity index (χ0v) is 14.5. The summed E-state index contributed by atoms with van der Waals surface area (Å²) in [4.78, 5) is 27.8. The lowest BCUT2D eigenvalue weighted by molar-refractivity contribution is -0.140. The maximum atomic E-state index is 14.0. The van der Waals surface area contributed by atoms with Crippen LogP contribution in [0.3, 0.4) is 0 Å². The number of amides is 2. The van der Waals surface area contributed by atoms with Crippen molar-refractivity contribution in [3.8, 4) is 0 Å². The van der Waals surface area contributed by atoms with Gasteiger partial charge in [0.15, 0.2) is 0 Å². The summed E-state index contributed by atoms with van der Waals surface area (Å²) in [5.74, 6) is -2.48. The number of benzene rings is 1. The minimum Gasteiger partial charge on any atom is -0.348 e. The van der Waals surface area contributed by atoms with Gasteiger partial charge >= 0.3 is 6.18 Å². The van der Waals surface area contributed by atoms with Crippen LogP contribution in [0, 0.1) is 11.7 Å². The van der Waals surface area contributed by atoms with Gasteiger partial charge in [-0.3, -0.25) is 9.59 Å². The molecule has 2 amide bonds. The minimum absolute atomic E-state index is 0.122. The van der Waals surface area contributed by atoms with Crippen molar-refractivity contribution in [3.63, 3.8) is 0 Å². The molecule has 0 saturated carbocycles. The normalized spacial score (nSPS) is 11.4. The first-order valence-electron chi connectivity index (χ1n) is 7.99. The number of nitrogens with zero attached hydrogens (tertiary/aromatic N) is 1. The van der Waals surface area contributed by atoms with Crippen molar-refractivity contribution in [2.75, 3.05) is 5.32 Å². The van der Waals surface area contributed by atoms with E-state index in [1.807, 2.05) is 0 Å². The molecule has 0 spiro atoms. The molecule has 144 valence electrons. The van der Waals surface area contributed by atoms with E-state index >= 15 is 0 Å². The van der Waals surface area contributed by atoms with Crippen molar-refractivity contribution in [2.24, 2.45) is 5.92 Å². The molecule has 0 bridgehead atoms. The number of hydrogen-bond donors (Lipinski definition) is 2. The molecule has 1 aromatic heterocycles. The number of pyridine rings is 1. The number of hydrogen-bond acceptors (Lipinski definition) is 3. The summed E-state index contributed by atoms with van der Waals surface area (Å²) in [6.07, 6.45) is -3.52. The summed E-state index contributed by atoms with van der Waals surface area (Å²) in [6, 6.07) is 5.54. The Labute approximate surface area is 152 Å². The predicted molar refractivity (Wildman–Crippen MR) is 90.3 cm³/mol. The highest BCUT2D eigenvalue weighted by Gasteiger charge is 2.34. The van der Waals surface area contributed by atoms with E-state index in [-0.39, 0.29) is 28.8 Å². The van der Waals surface area contributed by atoms with Crippen LogP contribution >= 0.6 is 0 Å². The van der Waals surface area contributed by atoms with Crippen LogP contribution in [-0.2, 0) is 17.5 Å². The Bertz CT molecular complexity index is 851. The van der Waals surface area contributed by atoms with Gasteiger partial charge in [0.1, 0.15) is 11.6 Å². The van der Waals surface area contributed by atoms with Crippen LogP contribution in [0.5, 0.6) is 0 Å². The van der Waals surface area contributed by atoms with Crippen LogP contribution in [0.1, 0.15) is 35.3 Å². The number of aromatic nitrogens is 1. The molecule has 0 radical (unpaired) electrons. The topological polar surface area (TPSA) is 71.1 Å². The van der Waals surface area contributed by atoms with E-state index in [0.717, 1.165) is 12.1 Å². The minimum atomic E-state index is -4.82. The van der Waals surface area contributed by atoms with Crippen molar-refractivity contribution >= 4 is 17.6 Å². The highest BCUT2D eigenvalue weighted by atomic mass is 19.4. The summed E-state index contributed by atoms with van der Waals surface area (Å²) in [5.41, 5.74) is -1.56. The van der Waals surface area contributed by atoms with Gasteiger partial charge in [0, 0.05) is 29.8 Å². The second-order valence-corrected chi connectivity index (χ2v) is 6.03. The fourth-order valence-electron chi connectivity index (χ4n) is 2.12. The fourth-order valence-corrected chi connectivity index (χ4v) is 2.12. The molecule has 2 rings (SSSR count). The smallest absolute Gasteiger partial charge is 0.348 e. The number of rotatable bonds is 5. The number of alkyl halides is 3. The molecule has 0 fully saturated rings. The Hall–Kier alpha value is -2.97. The largest absolute Gasteiger partial charge is 0.419 e. The van der Waals surface area contributed by atoms with E-state index in [1.165, 1.54) is 18.3 Å². The standard InChI is InChI=1S/C18H17F4N3O2/c1-10(2)16(26)25-14-8-11(6-7-23-14)17(27)24-9-12-4-3-5-13(15(12)19)18(20,21)22/h3-8,10H,9H2,1-2H3,(H,24,27)(H,23,25,26). The van der Waals surface area contributed by atoms with Crippen LogP contribution in [0.15, 0.2) is 36.5 Å². The van der Waals surface area contributed by atoms with Gasteiger partial charge in [-0.05, 0) is 18.2 Å². The molecule has 0 aliphatic rings. The first-order chi connectivity index (χ1) is 12.6. The molecule has 2 aromatic rings. The van der Waals surface area contributed by atoms with Crippen molar-refractivity contribution in [2.45, 2.75) is 26.6 Å². The summed E-state index contributed by atoms with van der Waals surface area (Å²) in [6.45, 7) is 2.95. The van der Waals surface area contributed by atoms with Gasteiger partial charge in [-0.15, -0.1) is 0 Å². The lowest BCUT2D eigenvalue weighted by Crippen LogP contribution is -2.24. The Kier molecular flexibility index (Phi) is 6.14. The third-order valence-corrected chi connectivity index (χ3v) is 3.62. The van der Waals surface area contributed by atoms with Gasteiger partial charge in [0.2, 0.25) is 5.91 Å². The second kappa shape index (κ2) is 8.15. The molecule has 0 saturated heterocycles. The van der Waals surface area contributed by atoms with Crippen LogP contribution in [0.2, 0.25) is 0 Å². The highest BCUT2D eigenvalue weighted by Crippen LogP contribution is 2.32. The Balaban J connectivity index is 2.10. The van der Waals surface area contributed by atoms with E-state index in [1.54, 1.807) is 13.8 Å². The summed E-state index contributed by atoms with van der Waals surface area (Å²) >= 11 is 0. The van der Waals surface area contributed by atoms with Crippen molar-refractivity contribution < 1.29 is 27.2 Å². The zero-order chi connectivity index (χ0) is 20.2. The molecule has 1 heterocycles. The maximum absolute atomic E-state index is 14.0. The van der Waals surface area contributed by atoms with E-state index in [9.17, 15) is 27.2 Å². The molecule has 0 atom stereocenters. The second-order valence-electron chi connectivity index (χ2n) is 6.03. The molecule has 0 unspecified atom stereocenters. The Morgan fingerprint density at radius 2 is 1.89 bits per heavy atom. The summed E-state index contributed by atoms with van der Waals surface area (Å²) in [5, 5.41) is 4.88. The SMILES string of the molecule is CC(C)C(=O)Nc1cc(C(=O)NCc2cccc(C(F)(F)F)c2F)ccn1. The van der Waals surface area contributed by atoms with Crippen LogP contribution < -0.4 is 10.6 Å². The van der Waals surface area contributed by atoms with Crippen LogP contribution in [0.25, 0.3) is 0 Å². The molecule has 27 heavy (non-hydrogen) atoms. The van der Waals surface area contributed by atoms with E-state index in [2.05, 4.69) is 15.6 Å². The van der Waals surface area contributed by atoms with Gasteiger partial charge in [0.25, 0.3) is 5.91 Å². The molecule has 2 N–H and O–H groups in total. The van der Waals surface area contributed by atoms with Crippen molar-refractivity contribution in [1.29, 1.82) is 0 Å². The van der Waals surface area contributed by atoms with E-state index in [0.29, 0.717) is 6.07 Å². The van der Waals surface area contributed by atoms with Crippen LogP contribution in [0.4, 0.5) is 23.4 Å². The lowest BCUT2D eigenvalue weighted by Gasteiger charge is -2.12. The summed E-state index contributed by atoms with van der Waals surface area (Å²) < 4.78 is 52.2. The Morgan fingerprint density at radius 1 is 1.19 bits per heavy atom. The average Bonchev–Trinajstić information content (AvgIpc) is 2.59. The molecular weight excluding hydrogens is 366 g/mol. The first-order valence-corrected chi connectivity index (χ1v) is 7.99. The van der Waals surface area contributed by atoms with Gasteiger partial charge in [0.05, 0.1) is 5.56 Å². The number of anilines is 1. The Morgan fingerprint density at radius 3 is 2.52 bits per heavy atom. The van der Waals surface area contributed by atoms with Crippen molar-refractivity contribution in [1.82, 2.24) is 10.3 Å². The third kappa shape index (κ3) is 5.25. The number of carbonyl (C=O) groups excluding carboxylic acids is 2. The molecule has 9 heteroatoms. The van der Waals surface area contributed by atoms with Crippen molar-refractivity contribution in [3.05, 3.63) is 59.0 Å². The van der Waals surface area contributed by atoms with E-state index in [4.69, 9.17) is 0 Å². The van der Waals surface area contributed by atoms with Gasteiger partial charge in [-0.1, -0.05) is 26.0 Å². The van der Waals surface area contributed by atoms with Gasteiger partial charge < -0.3 is 10.6 Å². The first kappa shape index (κ1) is 20.3. The number of nitrogens with one attached hydrogen (secondary N) is 2. The monoisotopic (exact) mass is 383 g/mol. The quantitative estimate of drug-likeness (QED) is 0.773. The van der Waals surface area contributed by atoms with Gasteiger partial charge in [-0.25, -0.2) is 9.37 Å². The van der Waals surface area contributed by atoms with E-state index < -0.39 is 30.0 Å². The lowest BCUT2D eigenvalue weighted by atomic mass is 10.1. The number of carbonyl (C=O) groups is 2. The molecule has 0 aliphatic carbocycles. The average molecular weight is 383 g/mol. The fraction of sp³-hybridized carbons (Fsp3) is 0.278. The zero-order valence-electron chi connectivity index (χ0n) is 14.5. The molecule has 0 aliphatic heterocycles. The highest BCUT2D eigenvalue weighted by molar-refractivity contribution is 5.96. The summed E-state index contributed by atoms with van der Waals surface area (Å²) in [7, 11) is 0. The van der Waals surface area contributed by atoms with Gasteiger partial charge in [-0.2, -0.15) is 13.2 Å². The third-order valence-electron chi connectivity index (χ3n) is 3.62. The number of halogens is 4.